The Kier molecular flexibility index (Phi) is 6.59. The molecule has 0 saturated heterocycles. The fraction of sp³-hybridized carbons (Fsp3) is 0.158. The maximum Gasteiger partial charge on any atom is 0.331 e. The molecule has 0 bridgehead atoms. The Morgan fingerprint density at radius 3 is 2.40 bits per heavy atom. The monoisotopic (exact) mass is 341 g/mol. The number of rotatable bonds is 7. The van der Waals surface area contributed by atoms with Gasteiger partial charge in [0.05, 0.1) is 14.2 Å². The molecule has 6 nitrogen and oxygen atoms in total. The lowest BCUT2D eigenvalue weighted by molar-refractivity contribution is -0.142. The third-order valence-electron chi connectivity index (χ3n) is 3.23. The third kappa shape index (κ3) is 6.02. The number of methoxy groups -OCH3 is 2. The lowest BCUT2D eigenvalue weighted by atomic mass is 10.2. The van der Waals surface area contributed by atoms with Crippen molar-refractivity contribution in [2.24, 2.45) is 0 Å². The Hall–Kier alpha value is -3.28. The Labute approximate surface area is 146 Å². The number of hydrogen-bond acceptors (Lipinski definition) is 5. The minimum absolute atomic E-state index is 0.372. The third-order valence-corrected chi connectivity index (χ3v) is 3.23. The van der Waals surface area contributed by atoms with E-state index in [2.05, 4.69) is 5.32 Å². The summed E-state index contributed by atoms with van der Waals surface area (Å²) >= 11 is 0. The molecule has 0 aliphatic heterocycles. The summed E-state index contributed by atoms with van der Waals surface area (Å²) in [7, 11) is 3.12. The molecule has 0 aliphatic rings. The van der Waals surface area contributed by atoms with Gasteiger partial charge in [-0.3, -0.25) is 4.79 Å². The summed E-state index contributed by atoms with van der Waals surface area (Å²) in [5.41, 5.74) is 1.38. The van der Waals surface area contributed by atoms with Crippen molar-refractivity contribution < 1.29 is 23.8 Å². The number of esters is 1. The predicted molar refractivity (Wildman–Crippen MR) is 94.6 cm³/mol. The zero-order chi connectivity index (χ0) is 18.1. The number of nitrogens with one attached hydrogen (secondary N) is 1. The van der Waals surface area contributed by atoms with Crippen molar-refractivity contribution in [1.29, 1.82) is 0 Å². The smallest absolute Gasteiger partial charge is 0.331 e. The van der Waals surface area contributed by atoms with Crippen molar-refractivity contribution in [2.75, 3.05) is 26.1 Å². The summed E-state index contributed by atoms with van der Waals surface area (Å²) in [5, 5.41) is 2.62. The highest BCUT2D eigenvalue weighted by atomic mass is 16.5. The van der Waals surface area contributed by atoms with Crippen molar-refractivity contribution in [3.8, 4) is 11.5 Å². The van der Waals surface area contributed by atoms with Crippen molar-refractivity contribution in [2.45, 2.75) is 0 Å². The molecule has 25 heavy (non-hydrogen) atoms. The topological polar surface area (TPSA) is 73.9 Å². The number of ether oxygens (including phenoxy) is 3. The van der Waals surface area contributed by atoms with Gasteiger partial charge in [0.1, 0.15) is 11.5 Å². The van der Waals surface area contributed by atoms with Crippen LogP contribution in [-0.2, 0) is 14.3 Å². The molecule has 0 aliphatic carbocycles. The predicted octanol–water partition coefficient (Wildman–Crippen LogP) is 2.90. The van der Waals surface area contributed by atoms with Gasteiger partial charge < -0.3 is 19.5 Å². The molecule has 1 amide bonds. The Morgan fingerprint density at radius 2 is 1.72 bits per heavy atom. The molecule has 1 N–H and O–H groups in total. The molecule has 0 heterocycles. The van der Waals surface area contributed by atoms with Crippen molar-refractivity contribution in [1.82, 2.24) is 0 Å². The second kappa shape index (κ2) is 9.12. The molecule has 6 heteroatoms. The number of carbonyl (C=O) groups is 2. The Morgan fingerprint density at radius 1 is 1.00 bits per heavy atom. The van der Waals surface area contributed by atoms with E-state index in [1.165, 1.54) is 13.2 Å². The van der Waals surface area contributed by atoms with Gasteiger partial charge in [-0.15, -0.1) is 0 Å². The lowest BCUT2D eigenvalue weighted by Gasteiger charge is -2.07. The zero-order valence-corrected chi connectivity index (χ0v) is 14.0. The molecule has 0 atom stereocenters. The van der Waals surface area contributed by atoms with E-state index in [1.807, 2.05) is 0 Å². The Bertz CT molecular complexity index is 753. The minimum Gasteiger partial charge on any atom is -0.497 e. The van der Waals surface area contributed by atoms with Crippen LogP contribution in [0.4, 0.5) is 5.69 Å². The van der Waals surface area contributed by atoms with Crippen LogP contribution in [0.3, 0.4) is 0 Å². The zero-order valence-electron chi connectivity index (χ0n) is 14.0. The summed E-state index contributed by atoms with van der Waals surface area (Å²) in [6, 6.07) is 14.1. The lowest BCUT2D eigenvalue weighted by Crippen LogP contribution is -2.20. The fourth-order valence-corrected chi connectivity index (χ4v) is 1.96. The minimum atomic E-state index is -0.600. The van der Waals surface area contributed by atoms with Gasteiger partial charge in [-0.05, 0) is 35.9 Å². The van der Waals surface area contributed by atoms with Crippen LogP contribution in [0.2, 0.25) is 0 Å². The summed E-state index contributed by atoms with van der Waals surface area (Å²) in [6.45, 7) is -0.372. The number of hydrogen-bond donors (Lipinski definition) is 1. The van der Waals surface area contributed by atoms with Gasteiger partial charge >= 0.3 is 5.97 Å². The first-order valence-electron chi connectivity index (χ1n) is 7.53. The summed E-state index contributed by atoms with van der Waals surface area (Å²) in [4.78, 5) is 23.5. The van der Waals surface area contributed by atoms with E-state index in [1.54, 1.807) is 61.7 Å². The molecule has 0 radical (unpaired) electrons. The molecule has 2 rings (SSSR count). The summed E-state index contributed by atoms with van der Waals surface area (Å²) < 4.78 is 15.0. The SMILES string of the molecule is COc1ccc(/C=C/C(=O)OCC(=O)Nc2cccc(OC)c2)cc1. The largest absolute Gasteiger partial charge is 0.497 e. The van der Waals surface area contributed by atoms with Crippen LogP contribution >= 0.6 is 0 Å². The first-order valence-corrected chi connectivity index (χ1v) is 7.53. The normalized spacial score (nSPS) is 10.3. The molecule has 0 saturated carbocycles. The average Bonchev–Trinajstić information content (AvgIpc) is 2.65. The Balaban J connectivity index is 1.80. The van der Waals surface area contributed by atoms with Crippen LogP contribution in [0, 0.1) is 0 Å². The van der Waals surface area contributed by atoms with Crippen molar-refractivity contribution in [3.63, 3.8) is 0 Å². The number of amides is 1. The average molecular weight is 341 g/mol. The molecule has 2 aromatic rings. The van der Waals surface area contributed by atoms with Crippen LogP contribution in [0.1, 0.15) is 5.56 Å². The molecule has 130 valence electrons. The van der Waals surface area contributed by atoms with Gasteiger partial charge in [-0.1, -0.05) is 18.2 Å². The van der Waals surface area contributed by atoms with Gasteiger partial charge in [0.15, 0.2) is 6.61 Å². The maximum atomic E-state index is 11.8. The maximum absolute atomic E-state index is 11.8. The van der Waals surface area contributed by atoms with Gasteiger partial charge in [-0.25, -0.2) is 4.79 Å². The molecule has 0 aromatic heterocycles. The van der Waals surface area contributed by atoms with E-state index in [0.717, 1.165) is 11.3 Å². The molecule has 2 aromatic carbocycles. The second-order valence-electron chi connectivity index (χ2n) is 4.99. The highest BCUT2D eigenvalue weighted by Gasteiger charge is 2.06. The van der Waals surface area contributed by atoms with E-state index in [9.17, 15) is 9.59 Å². The summed E-state index contributed by atoms with van der Waals surface area (Å²) in [6.07, 6.45) is 2.86. The first kappa shape index (κ1) is 18.1. The van der Waals surface area contributed by atoms with E-state index in [4.69, 9.17) is 14.2 Å². The summed E-state index contributed by atoms with van der Waals surface area (Å²) in [5.74, 6) is 0.322. The highest BCUT2D eigenvalue weighted by Crippen LogP contribution is 2.16. The second-order valence-corrected chi connectivity index (χ2v) is 4.99. The van der Waals surface area contributed by atoms with Gasteiger partial charge in [0.2, 0.25) is 0 Å². The van der Waals surface area contributed by atoms with Crippen molar-refractivity contribution >= 4 is 23.6 Å². The fourth-order valence-electron chi connectivity index (χ4n) is 1.96. The van der Waals surface area contributed by atoms with Crippen LogP contribution in [-0.4, -0.2) is 32.7 Å². The van der Waals surface area contributed by atoms with Gasteiger partial charge in [0, 0.05) is 17.8 Å². The van der Waals surface area contributed by atoms with Gasteiger partial charge in [0.25, 0.3) is 5.91 Å². The van der Waals surface area contributed by atoms with Crippen LogP contribution in [0.25, 0.3) is 6.08 Å². The standard InChI is InChI=1S/C19H19NO5/c1-23-16-9-6-14(7-10-16)8-11-19(22)25-13-18(21)20-15-4-3-5-17(12-15)24-2/h3-12H,13H2,1-2H3,(H,20,21)/b11-8+. The molecule has 0 spiro atoms. The van der Waals surface area contributed by atoms with Crippen LogP contribution in [0.5, 0.6) is 11.5 Å². The number of carbonyl (C=O) groups excluding carboxylic acids is 2. The van der Waals surface area contributed by atoms with Crippen LogP contribution in [0.15, 0.2) is 54.6 Å². The van der Waals surface area contributed by atoms with E-state index >= 15 is 0 Å². The molecule has 0 unspecified atom stereocenters. The van der Waals surface area contributed by atoms with Crippen LogP contribution < -0.4 is 14.8 Å². The number of anilines is 1. The van der Waals surface area contributed by atoms with E-state index < -0.39 is 11.9 Å². The quantitative estimate of drug-likeness (QED) is 0.619. The van der Waals surface area contributed by atoms with Crippen molar-refractivity contribution in [3.05, 3.63) is 60.2 Å². The van der Waals surface area contributed by atoms with Gasteiger partial charge in [-0.2, -0.15) is 0 Å². The molecular weight excluding hydrogens is 322 g/mol. The van der Waals surface area contributed by atoms with E-state index in [0.29, 0.717) is 11.4 Å². The first-order chi connectivity index (χ1) is 12.1. The molecule has 0 fully saturated rings. The molecular formula is C19H19NO5. The highest BCUT2D eigenvalue weighted by molar-refractivity contribution is 5.94. The van der Waals surface area contributed by atoms with E-state index in [-0.39, 0.29) is 6.61 Å². The number of benzene rings is 2.